The van der Waals surface area contributed by atoms with Gasteiger partial charge in [0, 0.05) is 18.5 Å². The second kappa shape index (κ2) is 13.8. The van der Waals surface area contributed by atoms with Gasteiger partial charge in [0.25, 0.3) is 5.91 Å². The monoisotopic (exact) mass is 573 g/mol. The molecule has 0 spiro atoms. The third-order valence-corrected chi connectivity index (χ3v) is 5.44. The second-order valence-electron chi connectivity index (χ2n) is 6.56. The van der Waals surface area contributed by atoms with Gasteiger partial charge in [-0.2, -0.15) is 5.10 Å². The Balaban J connectivity index is 1.89. The van der Waals surface area contributed by atoms with E-state index in [-0.39, 0.29) is 30.5 Å². The largest absolute Gasteiger partial charge is 0.490 e. The fourth-order valence-electron chi connectivity index (χ4n) is 2.52. The van der Waals surface area contributed by atoms with Gasteiger partial charge in [-0.1, -0.05) is 23.2 Å². The highest BCUT2D eigenvalue weighted by Gasteiger charge is 2.14. The van der Waals surface area contributed by atoms with E-state index in [9.17, 15) is 14.4 Å². The van der Waals surface area contributed by atoms with Crippen molar-refractivity contribution in [3.05, 3.63) is 56.0 Å². The van der Waals surface area contributed by atoms with E-state index in [0.29, 0.717) is 38.7 Å². The lowest BCUT2D eigenvalue weighted by Gasteiger charge is -2.13. The Bertz CT molecular complexity index is 1080. The number of carbonyl (C=O) groups excluding carboxylic acids is 3. The second-order valence-corrected chi connectivity index (χ2v) is 8.22. The van der Waals surface area contributed by atoms with Crippen LogP contribution in [-0.2, 0) is 14.3 Å². The minimum atomic E-state index is -0.532. The van der Waals surface area contributed by atoms with Gasteiger partial charge in [-0.05, 0) is 58.7 Å². The Labute approximate surface area is 214 Å². The number of halogens is 3. The molecule has 2 N–H and O–H groups in total. The van der Waals surface area contributed by atoms with Crippen molar-refractivity contribution in [2.75, 3.05) is 26.9 Å². The van der Waals surface area contributed by atoms with Crippen molar-refractivity contribution in [2.24, 2.45) is 5.10 Å². The summed E-state index contributed by atoms with van der Waals surface area (Å²) in [6, 6.07) is 7.84. The Morgan fingerprint density at radius 2 is 1.88 bits per heavy atom. The number of nitrogens with zero attached hydrogens (tertiary/aromatic N) is 1. The van der Waals surface area contributed by atoms with Crippen LogP contribution in [0.3, 0.4) is 0 Å². The van der Waals surface area contributed by atoms with Crippen molar-refractivity contribution in [1.82, 2.24) is 10.7 Å². The van der Waals surface area contributed by atoms with Crippen LogP contribution in [0.25, 0.3) is 0 Å². The lowest BCUT2D eigenvalue weighted by Crippen LogP contribution is -2.29. The number of ether oxygens (including phenoxy) is 3. The van der Waals surface area contributed by atoms with Crippen molar-refractivity contribution in [3.63, 3.8) is 0 Å². The molecule has 2 aromatic rings. The molecule has 0 atom stereocenters. The van der Waals surface area contributed by atoms with Gasteiger partial charge in [0.05, 0.1) is 34.4 Å². The number of methoxy groups -OCH3 is 1. The lowest BCUT2D eigenvalue weighted by molar-refractivity contribution is -0.143. The highest BCUT2D eigenvalue weighted by atomic mass is 79.9. The van der Waals surface area contributed by atoms with E-state index >= 15 is 0 Å². The molecular formula is C22H22BrCl2N3O6. The van der Waals surface area contributed by atoms with Crippen LogP contribution in [0.1, 0.15) is 29.3 Å². The number of nitrogens with one attached hydrogen (secondary N) is 2. The van der Waals surface area contributed by atoms with E-state index in [1.165, 1.54) is 31.5 Å². The molecule has 0 radical (unpaired) electrons. The zero-order valence-electron chi connectivity index (χ0n) is 18.3. The Kier molecular flexibility index (Phi) is 11.1. The highest BCUT2D eigenvalue weighted by Crippen LogP contribution is 2.36. The summed E-state index contributed by atoms with van der Waals surface area (Å²) < 4.78 is 16.1. The Morgan fingerprint density at radius 1 is 1.12 bits per heavy atom. The lowest BCUT2D eigenvalue weighted by atomic mass is 10.2. The number of rotatable bonds is 11. The first-order chi connectivity index (χ1) is 16.2. The van der Waals surface area contributed by atoms with Gasteiger partial charge in [-0.25, -0.2) is 10.2 Å². The number of hydrogen-bond donors (Lipinski definition) is 2. The standard InChI is InChI=1S/C22H22BrCl2N3O6/c1-3-33-18-9-13(8-15(23)21(18)34-12-20(30)32-2)11-27-28-19(29)6-7-26-22(31)14-4-5-16(24)17(25)10-14/h4-5,8-11H,3,6-7,12H2,1-2H3,(H,26,31)(H,28,29). The van der Waals surface area contributed by atoms with E-state index in [4.69, 9.17) is 32.7 Å². The number of benzene rings is 2. The maximum absolute atomic E-state index is 12.1. The molecule has 0 aliphatic rings. The molecule has 12 heteroatoms. The first-order valence-electron chi connectivity index (χ1n) is 9.96. The van der Waals surface area contributed by atoms with Crippen LogP contribution in [0.2, 0.25) is 10.0 Å². The predicted octanol–water partition coefficient (Wildman–Crippen LogP) is 3.98. The summed E-state index contributed by atoms with van der Waals surface area (Å²) in [5.41, 5.74) is 3.33. The van der Waals surface area contributed by atoms with E-state index in [2.05, 4.69) is 36.5 Å². The van der Waals surface area contributed by atoms with Crippen molar-refractivity contribution >= 4 is 63.1 Å². The van der Waals surface area contributed by atoms with Gasteiger partial charge in [0.15, 0.2) is 18.1 Å². The molecule has 0 aromatic heterocycles. The molecule has 0 bridgehead atoms. The van der Waals surface area contributed by atoms with Crippen LogP contribution in [0, 0.1) is 0 Å². The minimum Gasteiger partial charge on any atom is -0.490 e. The molecule has 0 aliphatic carbocycles. The number of hydrazone groups is 1. The molecule has 2 amide bonds. The Morgan fingerprint density at radius 3 is 2.56 bits per heavy atom. The van der Waals surface area contributed by atoms with Crippen LogP contribution in [0.5, 0.6) is 11.5 Å². The molecule has 2 aromatic carbocycles. The quantitative estimate of drug-likeness (QED) is 0.238. The molecule has 0 aliphatic heterocycles. The normalized spacial score (nSPS) is 10.6. The average Bonchev–Trinajstić information content (AvgIpc) is 2.80. The number of carbonyl (C=O) groups is 3. The molecule has 0 saturated heterocycles. The summed E-state index contributed by atoms with van der Waals surface area (Å²) in [5.74, 6) is -0.578. The molecule has 0 saturated carbocycles. The van der Waals surface area contributed by atoms with Gasteiger partial charge >= 0.3 is 5.97 Å². The maximum Gasteiger partial charge on any atom is 0.343 e. The molecule has 9 nitrogen and oxygen atoms in total. The zero-order chi connectivity index (χ0) is 25.1. The summed E-state index contributed by atoms with van der Waals surface area (Å²) in [7, 11) is 1.27. The maximum atomic E-state index is 12.1. The van der Waals surface area contributed by atoms with Crippen LogP contribution in [-0.4, -0.2) is 50.9 Å². The molecule has 34 heavy (non-hydrogen) atoms. The van der Waals surface area contributed by atoms with Crippen molar-refractivity contribution in [2.45, 2.75) is 13.3 Å². The summed E-state index contributed by atoms with van der Waals surface area (Å²) in [6.45, 7) is 2.00. The van der Waals surface area contributed by atoms with Crippen LogP contribution in [0.4, 0.5) is 0 Å². The average molecular weight is 575 g/mol. The van der Waals surface area contributed by atoms with Crippen LogP contribution in [0.15, 0.2) is 39.9 Å². The van der Waals surface area contributed by atoms with E-state index in [0.717, 1.165) is 0 Å². The smallest absolute Gasteiger partial charge is 0.343 e. The third-order valence-electron chi connectivity index (χ3n) is 4.12. The number of hydrogen-bond acceptors (Lipinski definition) is 7. The van der Waals surface area contributed by atoms with Crippen LogP contribution >= 0.6 is 39.1 Å². The van der Waals surface area contributed by atoms with Gasteiger partial charge in [-0.3, -0.25) is 9.59 Å². The van der Waals surface area contributed by atoms with E-state index in [1.54, 1.807) is 19.1 Å². The molecule has 0 fully saturated rings. The molecular weight excluding hydrogens is 553 g/mol. The summed E-state index contributed by atoms with van der Waals surface area (Å²) in [6.07, 6.45) is 1.43. The van der Waals surface area contributed by atoms with Crippen molar-refractivity contribution < 1.29 is 28.6 Å². The summed E-state index contributed by atoms with van der Waals surface area (Å²) in [5, 5.41) is 7.15. The fourth-order valence-corrected chi connectivity index (χ4v) is 3.39. The molecule has 182 valence electrons. The fraction of sp³-hybridized carbons (Fsp3) is 0.273. The number of esters is 1. The van der Waals surface area contributed by atoms with E-state index in [1.807, 2.05) is 0 Å². The van der Waals surface area contributed by atoms with Gasteiger partial charge in [0.2, 0.25) is 5.91 Å². The van der Waals surface area contributed by atoms with Gasteiger partial charge in [-0.15, -0.1) is 0 Å². The third kappa shape index (κ3) is 8.51. The van der Waals surface area contributed by atoms with Gasteiger partial charge in [0.1, 0.15) is 0 Å². The Hall–Kier alpha value is -2.82. The first-order valence-corrected chi connectivity index (χ1v) is 11.5. The van der Waals surface area contributed by atoms with Crippen molar-refractivity contribution in [3.8, 4) is 11.5 Å². The van der Waals surface area contributed by atoms with Crippen LogP contribution < -0.4 is 20.2 Å². The van der Waals surface area contributed by atoms with Crippen molar-refractivity contribution in [1.29, 1.82) is 0 Å². The van der Waals surface area contributed by atoms with Gasteiger partial charge < -0.3 is 19.5 Å². The highest BCUT2D eigenvalue weighted by molar-refractivity contribution is 9.10. The molecule has 0 heterocycles. The predicted molar refractivity (Wildman–Crippen MR) is 132 cm³/mol. The summed E-state index contributed by atoms with van der Waals surface area (Å²) >= 11 is 15.1. The molecule has 0 unspecified atom stereocenters. The molecule has 2 rings (SSSR count). The SMILES string of the molecule is CCOc1cc(C=NNC(=O)CCNC(=O)c2ccc(Cl)c(Cl)c2)cc(Br)c1OCC(=O)OC. The first kappa shape index (κ1) is 27.4. The minimum absolute atomic E-state index is 0.0125. The topological polar surface area (TPSA) is 115 Å². The van der Waals surface area contributed by atoms with E-state index < -0.39 is 11.9 Å². The number of amides is 2. The summed E-state index contributed by atoms with van der Waals surface area (Å²) in [4.78, 5) is 35.5. The zero-order valence-corrected chi connectivity index (χ0v) is 21.4.